The van der Waals surface area contributed by atoms with E-state index in [1.807, 2.05) is 19.1 Å². The van der Waals surface area contributed by atoms with Gasteiger partial charge in [-0.1, -0.05) is 6.07 Å². The van der Waals surface area contributed by atoms with E-state index >= 15 is 0 Å². The molecule has 0 aliphatic rings. The van der Waals surface area contributed by atoms with E-state index in [1.165, 1.54) is 0 Å². The van der Waals surface area contributed by atoms with Gasteiger partial charge in [0, 0.05) is 9.61 Å². The van der Waals surface area contributed by atoms with Gasteiger partial charge in [-0.05, 0) is 60.1 Å². The molecule has 13 heavy (non-hydrogen) atoms. The molecule has 0 aliphatic heterocycles. The summed E-state index contributed by atoms with van der Waals surface area (Å²) in [6, 6.07) is 5.92. The number of rotatable bonds is 3. The molecule has 0 radical (unpaired) electrons. The van der Waals surface area contributed by atoms with Crippen molar-refractivity contribution in [1.29, 1.82) is 0 Å². The third-order valence-corrected chi connectivity index (χ3v) is 2.59. The fourth-order valence-electron chi connectivity index (χ4n) is 1.13. The molecule has 2 nitrogen and oxygen atoms in total. The molecule has 1 atom stereocenters. The molecule has 0 saturated carbocycles. The molecule has 1 aromatic carbocycles. The summed E-state index contributed by atoms with van der Waals surface area (Å²) in [4.78, 5) is 0. The summed E-state index contributed by atoms with van der Waals surface area (Å²) in [6.45, 7) is 1.98. The second kappa shape index (κ2) is 4.81. The molecular formula is C10H14INO. The van der Waals surface area contributed by atoms with Gasteiger partial charge in [-0.25, -0.2) is 0 Å². The van der Waals surface area contributed by atoms with Crippen molar-refractivity contribution in [3.8, 4) is 5.75 Å². The average molecular weight is 291 g/mol. The van der Waals surface area contributed by atoms with Crippen molar-refractivity contribution in [2.24, 2.45) is 5.73 Å². The monoisotopic (exact) mass is 291 g/mol. The summed E-state index contributed by atoms with van der Waals surface area (Å²) in [7, 11) is 0. The highest BCUT2D eigenvalue weighted by Crippen LogP contribution is 2.21. The summed E-state index contributed by atoms with van der Waals surface area (Å²) in [5.41, 5.74) is 6.62. The standard InChI is InChI=1S/C10H14INO/c1-7(12)2-3-8-4-5-9(11)6-10(8)13/h4-7,13H,2-3,12H2,1H3. The SMILES string of the molecule is CC(N)CCc1ccc(I)cc1O. The summed E-state index contributed by atoms with van der Waals surface area (Å²) < 4.78 is 1.06. The Morgan fingerprint density at radius 1 is 1.54 bits per heavy atom. The normalized spacial score (nSPS) is 12.8. The number of hydrogen-bond donors (Lipinski definition) is 2. The van der Waals surface area contributed by atoms with Gasteiger partial charge in [-0.3, -0.25) is 0 Å². The van der Waals surface area contributed by atoms with Crippen LogP contribution in [0.2, 0.25) is 0 Å². The number of phenolic OH excluding ortho intramolecular Hbond substituents is 1. The quantitative estimate of drug-likeness (QED) is 0.839. The van der Waals surface area contributed by atoms with Gasteiger partial charge in [0.15, 0.2) is 0 Å². The van der Waals surface area contributed by atoms with Gasteiger partial charge in [0.1, 0.15) is 5.75 Å². The summed E-state index contributed by atoms with van der Waals surface area (Å²) in [6.07, 6.45) is 1.76. The van der Waals surface area contributed by atoms with Crippen LogP contribution in [-0.2, 0) is 6.42 Å². The minimum atomic E-state index is 0.193. The number of nitrogens with two attached hydrogens (primary N) is 1. The Hall–Kier alpha value is -0.290. The van der Waals surface area contributed by atoms with Crippen molar-refractivity contribution in [2.75, 3.05) is 0 Å². The van der Waals surface area contributed by atoms with Crippen molar-refractivity contribution in [3.05, 3.63) is 27.3 Å². The maximum absolute atomic E-state index is 9.56. The Morgan fingerprint density at radius 2 is 2.23 bits per heavy atom. The molecule has 0 aromatic heterocycles. The van der Waals surface area contributed by atoms with Crippen LogP contribution in [0.25, 0.3) is 0 Å². The molecule has 0 aliphatic carbocycles. The van der Waals surface area contributed by atoms with Gasteiger partial charge in [0.2, 0.25) is 0 Å². The predicted octanol–water partition coefficient (Wildman–Crippen LogP) is 2.28. The number of aryl methyl sites for hydroxylation is 1. The number of phenols is 1. The van der Waals surface area contributed by atoms with Crippen LogP contribution in [0.5, 0.6) is 5.75 Å². The lowest BCUT2D eigenvalue weighted by atomic mass is 10.1. The number of halogens is 1. The smallest absolute Gasteiger partial charge is 0.119 e. The highest BCUT2D eigenvalue weighted by molar-refractivity contribution is 14.1. The zero-order valence-electron chi connectivity index (χ0n) is 7.63. The van der Waals surface area contributed by atoms with E-state index in [0.29, 0.717) is 5.75 Å². The summed E-state index contributed by atoms with van der Waals surface area (Å²) >= 11 is 2.18. The van der Waals surface area contributed by atoms with Crippen molar-refractivity contribution in [2.45, 2.75) is 25.8 Å². The molecule has 72 valence electrons. The van der Waals surface area contributed by atoms with Crippen molar-refractivity contribution in [3.63, 3.8) is 0 Å². The van der Waals surface area contributed by atoms with Crippen LogP contribution in [0, 0.1) is 3.57 Å². The van der Waals surface area contributed by atoms with E-state index in [4.69, 9.17) is 5.73 Å². The predicted molar refractivity (Wildman–Crippen MR) is 62.8 cm³/mol. The Balaban J connectivity index is 2.67. The lowest BCUT2D eigenvalue weighted by Crippen LogP contribution is -2.15. The maximum Gasteiger partial charge on any atom is 0.119 e. The zero-order valence-corrected chi connectivity index (χ0v) is 9.78. The Morgan fingerprint density at radius 3 is 2.77 bits per heavy atom. The van der Waals surface area contributed by atoms with Crippen LogP contribution in [0.1, 0.15) is 18.9 Å². The average Bonchev–Trinajstić information content (AvgIpc) is 2.02. The van der Waals surface area contributed by atoms with Gasteiger partial charge in [0.25, 0.3) is 0 Å². The fourth-order valence-corrected chi connectivity index (χ4v) is 1.61. The Kier molecular flexibility index (Phi) is 3.99. The van der Waals surface area contributed by atoms with E-state index in [-0.39, 0.29) is 6.04 Å². The molecule has 0 heterocycles. The molecule has 0 saturated heterocycles. The molecule has 0 bridgehead atoms. The maximum atomic E-state index is 9.56. The number of aromatic hydroxyl groups is 1. The van der Waals surface area contributed by atoms with Crippen LogP contribution < -0.4 is 5.73 Å². The first-order valence-corrected chi connectivity index (χ1v) is 5.40. The molecule has 0 spiro atoms. The Bertz CT molecular complexity index is 286. The Labute approximate surface area is 92.3 Å². The molecule has 1 aromatic rings. The fraction of sp³-hybridized carbons (Fsp3) is 0.400. The molecule has 1 unspecified atom stereocenters. The second-order valence-electron chi connectivity index (χ2n) is 3.29. The van der Waals surface area contributed by atoms with Gasteiger partial charge < -0.3 is 10.8 Å². The first-order valence-electron chi connectivity index (χ1n) is 4.32. The van der Waals surface area contributed by atoms with Crippen molar-refractivity contribution >= 4 is 22.6 Å². The number of benzene rings is 1. The van der Waals surface area contributed by atoms with E-state index in [2.05, 4.69) is 22.6 Å². The van der Waals surface area contributed by atoms with Crippen LogP contribution in [0.15, 0.2) is 18.2 Å². The van der Waals surface area contributed by atoms with E-state index in [0.717, 1.165) is 22.0 Å². The first kappa shape index (κ1) is 10.8. The molecule has 0 fully saturated rings. The number of hydrogen-bond acceptors (Lipinski definition) is 2. The van der Waals surface area contributed by atoms with E-state index < -0.39 is 0 Å². The third kappa shape index (κ3) is 3.52. The molecule has 1 rings (SSSR count). The third-order valence-electron chi connectivity index (χ3n) is 1.92. The van der Waals surface area contributed by atoms with Gasteiger partial charge >= 0.3 is 0 Å². The van der Waals surface area contributed by atoms with E-state index in [9.17, 15) is 5.11 Å². The topological polar surface area (TPSA) is 46.2 Å². The zero-order chi connectivity index (χ0) is 9.84. The van der Waals surface area contributed by atoms with Crippen LogP contribution in [-0.4, -0.2) is 11.1 Å². The van der Waals surface area contributed by atoms with Crippen molar-refractivity contribution in [1.82, 2.24) is 0 Å². The highest BCUT2D eigenvalue weighted by Gasteiger charge is 2.02. The van der Waals surface area contributed by atoms with Crippen LogP contribution in [0.3, 0.4) is 0 Å². The molecule has 0 amide bonds. The highest BCUT2D eigenvalue weighted by atomic mass is 127. The minimum absolute atomic E-state index is 0.193. The van der Waals surface area contributed by atoms with Gasteiger partial charge in [0.05, 0.1) is 0 Å². The van der Waals surface area contributed by atoms with Gasteiger partial charge in [-0.15, -0.1) is 0 Å². The van der Waals surface area contributed by atoms with Gasteiger partial charge in [-0.2, -0.15) is 0 Å². The lowest BCUT2D eigenvalue weighted by molar-refractivity contribution is 0.465. The molecule has 3 heteroatoms. The minimum Gasteiger partial charge on any atom is -0.508 e. The van der Waals surface area contributed by atoms with E-state index in [1.54, 1.807) is 6.07 Å². The van der Waals surface area contributed by atoms with Crippen LogP contribution >= 0.6 is 22.6 Å². The summed E-state index contributed by atoms with van der Waals surface area (Å²) in [5, 5.41) is 9.56. The first-order chi connectivity index (χ1) is 6.09. The second-order valence-corrected chi connectivity index (χ2v) is 4.53. The van der Waals surface area contributed by atoms with Crippen molar-refractivity contribution < 1.29 is 5.11 Å². The van der Waals surface area contributed by atoms with Crippen LogP contribution in [0.4, 0.5) is 0 Å². The largest absolute Gasteiger partial charge is 0.508 e. The lowest BCUT2D eigenvalue weighted by Gasteiger charge is -2.06. The molecule has 3 N–H and O–H groups in total. The molecular weight excluding hydrogens is 277 g/mol. The summed E-state index contributed by atoms with van der Waals surface area (Å²) in [5.74, 6) is 0.382.